The minimum atomic E-state index is 0.0864. The van der Waals surface area contributed by atoms with Crippen LogP contribution in [0.3, 0.4) is 0 Å². The summed E-state index contributed by atoms with van der Waals surface area (Å²) in [4.78, 5) is 14.4. The first-order valence-electron chi connectivity index (χ1n) is 7.15. The van der Waals surface area contributed by atoms with Gasteiger partial charge >= 0.3 is 0 Å². The number of nitrogens with two attached hydrogens (primary N) is 1. The Bertz CT molecular complexity index is 526. The van der Waals surface area contributed by atoms with E-state index in [9.17, 15) is 4.79 Å². The lowest BCUT2D eigenvalue weighted by molar-refractivity contribution is 0.0700. The van der Waals surface area contributed by atoms with Gasteiger partial charge in [0.05, 0.1) is 6.54 Å². The fourth-order valence-electron chi connectivity index (χ4n) is 2.12. The molecule has 1 aromatic rings. The molecule has 0 saturated carbocycles. The Morgan fingerprint density at radius 3 is 2.60 bits per heavy atom. The van der Waals surface area contributed by atoms with Gasteiger partial charge in [-0.2, -0.15) is 0 Å². The molecule has 0 aromatic heterocycles. The number of benzene rings is 1. The molecular formula is C17H24N2O. The smallest absolute Gasteiger partial charge is 0.254 e. The van der Waals surface area contributed by atoms with E-state index in [1.54, 1.807) is 0 Å². The number of rotatable bonds is 4. The molecule has 1 unspecified atom stereocenters. The number of nitrogens with zero attached hydrogens (tertiary/aromatic N) is 1. The molecule has 108 valence electrons. The second-order valence-corrected chi connectivity index (χ2v) is 4.88. The van der Waals surface area contributed by atoms with Gasteiger partial charge in [0.2, 0.25) is 0 Å². The number of carbonyl (C=O) groups is 1. The fraction of sp³-hybridized carbons (Fsp3) is 0.471. The van der Waals surface area contributed by atoms with Crippen molar-refractivity contribution in [2.24, 2.45) is 5.73 Å². The highest BCUT2D eigenvalue weighted by Gasteiger charge is 2.18. The van der Waals surface area contributed by atoms with E-state index in [4.69, 9.17) is 5.73 Å². The topological polar surface area (TPSA) is 46.3 Å². The van der Waals surface area contributed by atoms with E-state index in [1.165, 1.54) is 0 Å². The fourth-order valence-corrected chi connectivity index (χ4v) is 2.12. The van der Waals surface area contributed by atoms with Gasteiger partial charge in [-0.3, -0.25) is 4.79 Å². The lowest BCUT2D eigenvalue weighted by Crippen LogP contribution is -2.38. The molecule has 3 nitrogen and oxygen atoms in total. The number of carbonyl (C=O) groups excluding carboxylic acids is 1. The zero-order valence-corrected chi connectivity index (χ0v) is 12.9. The highest BCUT2D eigenvalue weighted by Crippen LogP contribution is 2.14. The Morgan fingerprint density at radius 2 is 2.10 bits per heavy atom. The first kappa shape index (κ1) is 16.3. The summed E-state index contributed by atoms with van der Waals surface area (Å²) in [6, 6.07) is 5.91. The van der Waals surface area contributed by atoms with E-state index in [0.29, 0.717) is 6.54 Å². The van der Waals surface area contributed by atoms with Crippen LogP contribution >= 0.6 is 0 Å². The summed E-state index contributed by atoms with van der Waals surface area (Å²) in [6.45, 7) is 9.22. The molecule has 2 N–H and O–H groups in total. The van der Waals surface area contributed by atoms with Gasteiger partial charge < -0.3 is 10.6 Å². The monoisotopic (exact) mass is 272 g/mol. The predicted molar refractivity (Wildman–Crippen MR) is 83.6 cm³/mol. The Balaban J connectivity index is 3.02. The van der Waals surface area contributed by atoms with Crippen LogP contribution in [0.25, 0.3) is 0 Å². The van der Waals surface area contributed by atoms with Crippen LogP contribution in [0.2, 0.25) is 0 Å². The summed E-state index contributed by atoms with van der Waals surface area (Å²) < 4.78 is 0. The molecule has 3 heteroatoms. The van der Waals surface area contributed by atoms with Gasteiger partial charge in [0.25, 0.3) is 5.91 Å². The molecule has 0 aliphatic heterocycles. The molecule has 1 amide bonds. The molecule has 0 aliphatic rings. The average Bonchev–Trinajstić information content (AvgIpc) is 2.46. The Kier molecular flexibility index (Phi) is 6.27. The second kappa shape index (κ2) is 7.72. The summed E-state index contributed by atoms with van der Waals surface area (Å²) in [7, 11) is 0. The van der Waals surface area contributed by atoms with Crippen LogP contribution < -0.4 is 5.73 Å². The van der Waals surface area contributed by atoms with Gasteiger partial charge in [-0.15, -0.1) is 0 Å². The third-order valence-corrected chi connectivity index (χ3v) is 3.52. The summed E-state index contributed by atoms with van der Waals surface area (Å²) >= 11 is 0. The van der Waals surface area contributed by atoms with Crippen molar-refractivity contribution in [1.82, 2.24) is 4.90 Å². The van der Waals surface area contributed by atoms with E-state index >= 15 is 0 Å². The summed E-state index contributed by atoms with van der Waals surface area (Å²) in [5, 5.41) is 0. The van der Waals surface area contributed by atoms with E-state index in [-0.39, 0.29) is 11.9 Å². The molecule has 0 aliphatic carbocycles. The van der Waals surface area contributed by atoms with Crippen molar-refractivity contribution < 1.29 is 4.79 Å². The van der Waals surface area contributed by atoms with E-state index in [1.807, 2.05) is 36.9 Å². The molecule has 1 rings (SSSR count). The lowest BCUT2D eigenvalue weighted by atomic mass is 10.0. The van der Waals surface area contributed by atoms with Crippen molar-refractivity contribution in [3.8, 4) is 11.8 Å². The maximum atomic E-state index is 12.5. The summed E-state index contributed by atoms with van der Waals surface area (Å²) in [5.74, 6) is 5.94. The first-order valence-corrected chi connectivity index (χ1v) is 7.15. The number of hydrogen-bond donors (Lipinski definition) is 1. The summed E-state index contributed by atoms with van der Waals surface area (Å²) in [5.41, 5.74) is 8.04. The second-order valence-electron chi connectivity index (χ2n) is 4.88. The third-order valence-electron chi connectivity index (χ3n) is 3.52. The average molecular weight is 272 g/mol. The van der Waals surface area contributed by atoms with Crippen molar-refractivity contribution in [2.45, 2.75) is 40.2 Å². The summed E-state index contributed by atoms with van der Waals surface area (Å²) in [6.07, 6.45) is 0.957. The standard InChI is InChI=1S/C17H24N2O/c1-5-14(4)19(6-2)17(20)16-10-9-15(8-7-11-18)13(3)12-16/h9-10,12,14H,5-6,11,18H2,1-4H3. The zero-order chi connectivity index (χ0) is 15.1. The van der Waals surface area contributed by atoms with Crippen molar-refractivity contribution in [3.05, 3.63) is 34.9 Å². The highest BCUT2D eigenvalue weighted by molar-refractivity contribution is 5.94. The van der Waals surface area contributed by atoms with Gasteiger partial charge in [0.15, 0.2) is 0 Å². The Labute approximate surface area is 122 Å². The van der Waals surface area contributed by atoms with E-state index in [0.717, 1.165) is 29.7 Å². The molecule has 0 saturated heterocycles. The third kappa shape index (κ3) is 3.85. The molecule has 0 fully saturated rings. The molecule has 0 spiro atoms. The highest BCUT2D eigenvalue weighted by atomic mass is 16.2. The maximum Gasteiger partial charge on any atom is 0.254 e. The van der Waals surface area contributed by atoms with Gasteiger partial charge in [-0.25, -0.2) is 0 Å². The van der Waals surface area contributed by atoms with Gasteiger partial charge in [-0.05, 0) is 51.0 Å². The molecule has 0 radical (unpaired) electrons. The Morgan fingerprint density at radius 1 is 1.40 bits per heavy atom. The van der Waals surface area contributed by atoms with Crippen molar-refractivity contribution in [3.63, 3.8) is 0 Å². The van der Waals surface area contributed by atoms with E-state index < -0.39 is 0 Å². The largest absolute Gasteiger partial charge is 0.336 e. The number of hydrogen-bond acceptors (Lipinski definition) is 2. The lowest BCUT2D eigenvalue weighted by Gasteiger charge is -2.27. The molecular weight excluding hydrogens is 248 g/mol. The normalized spacial score (nSPS) is 11.4. The van der Waals surface area contributed by atoms with Crippen LogP contribution in [-0.2, 0) is 0 Å². The van der Waals surface area contributed by atoms with Crippen LogP contribution in [0.15, 0.2) is 18.2 Å². The molecule has 1 atom stereocenters. The van der Waals surface area contributed by atoms with Crippen molar-refractivity contribution >= 4 is 5.91 Å². The molecule has 20 heavy (non-hydrogen) atoms. The van der Waals surface area contributed by atoms with Crippen LogP contribution in [-0.4, -0.2) is 29.9 Å². The number of amides is 1. The van der Waals surface area contributed by atoms with Crippen LogP contribution in [0.5, 0.6) is 0 Å². The first-order chi connectivity index (χ1) is 9.54. The number of aryl methyl sites for hydroxylation is 1. The van der Waals surface area contributed by atoms with Gasteiger partial charge in [0, 0.05) is 23.7 Å². The van der Waals surface area contributed by atoms with Crippen LogP contribution in [0, 0.1) is 18.8 Å². The van der Waals surface area contributed by atoms with Crippen LogP contribution in [0.4, 0.5) is 0 Å². The van der Waals surface area contributed by atoms with Crippen molar-refractivity contribution in [2.75, 3.05) is 13.1 Å². The molecule has 0 heterocycles. The van der Waals surface area contributed by atoms with Crippen molar-refractivity contribution in [1.29, 1.82) is 0 Å². The minimum absolute atomic E-state index is 0.0864. The molecule has 0 bridgehead atoms. The SMILES string of the molecule is CCC(C)N(CC)C(=O)c1ccc(C#CCN)c(C)c1. The molecule has 1 aromatic carbocycles. The van der Waals surface area contributed by atoms with Crippen LogP contribution in [0.1, 0.15) is 48.7 Å². The maximum absolute atomic E-state index is 12.5. The Hall–Kier alpha value is -1.79. The van der Waals surface area contributed by atoms with Gasteiger partial charge in [-0.1, -0.05) is 18.8 Å². The predicted octanol–water partition coefficient (Wildman–Crippen LogP) is 2.57. The zero-order valence-electron chi connectivity index (χ0n) is 12.9. The van der Waals surface area contributed by atoms with Gasteiger partial charge in [0.1, 0.15) is 0 Å². The van der Waals surface area contributed by atoms with E-state index in [2.05, 4.69) is 25.7 Å². The minimum Gasteiger partial charge on any atom is -0.336 e. The quantitative estimate of drug-likeness (QED) is 0.856.